The minimum absolute atomic E-state index is 0.240. The third-order valence-electron chi connectivity index (χ3n) is 3.52. The van der Waals surface area contributed by atoms with Crippen LogP contribution in [0.5, 0.6) is 5.75 Å². The summed E-state index contributed by atoms with van der Waals surface area (Å²) in [7, 11) is 0. The molecule has 0 spiro atoms. The van der Waals surface area contributed by atoms with E-state index in [9.17, 15) is 0 Å². The summed E-state index contributed by atoms with van der Waals surface area (Å²) in [6, 6.07) is 7.75. The molecule has 3 nitrogen and oxygen atoms in total. The van der Waals surface area contributed by atoms with Crippen LogP contribution in [0, 0.1) is 0 Å². The number of fused-ring (bicyclic) bond motifs is 1. The third-order valence-corrected chi connectivity index (χ3v) is 3.70. The van der Waals surface area contributed by atoms with Gasteiger partial charge < -0.3 is 14.9 Å². The van der Waals surface area contributed by atoms with E-state index in [0.717, 1.165) is 17.4 Å². The number of nitrogens with two attached hydrogens (primary N) is 1. The molecule has 0 atom stereocenters. The summed E-state index contributed by atoms with van der Waals surface area (Å²) in [4.78, 5) is 0.240. The van der Waals surface area contributed by atoms with Gasteiger partial charge in [0.05, 0.1) is 12.0 Å². The lowest BCUT2D eigenvalue weighted by Gasteiger charge is -2.06. The largest absolute Gasteiger partial charge is 0.489 e. The molecule has 0 aliphatic carbocycles. The van der Waals surface area contributed by atoms with E-state index in [1.165, 1.54) is 32.1 Å². The van der Waals surface area contributed by atoms with Gasteiger partial charge in [-0.1, -0.05) is 63.4 Å². The van der Waals surface area contributed by atoms with Gasteiger partial charge in [-0.3, -0.25) is 0 Å². The van der Waals surface area contributed by atoms with E-state index in [4.69, 9.17) is 27.1 Å². The number of furan rings is 1. The van der Waals surface area contributed by atoms with Crippen LogP contribution in [0.1, 0.15) is 51.2 Å². The molecule has 0 unspecified atom stereocenters. The topological polar surface area (TPSA) is 48.4 Å². The summed E-state index contributed by atoms with van der Waals surface area (Å²) in [5, 5.41) is 0.936. The van der Waals surface area contributed by atoms with E-state index in [0.29, 0.717) is 18.1 Å². The average molecular weight is 305 g/mol. The van der Waals surface area contributed by atoms with Crippen LogP contribution < -0.4 is 10.5 Å². The number of unbranched alkanes of at least 4 members (excludes halogenated alkanes) is 5. The summed E-state index contributed by atoms with van der Waals surface area (Å²) < 4.78 is 11.6. The van der Waals surface area contributed by atoms with Crippen molar-refractivity contribution in [2.75, 3.05) is 6.61 Å². The van der Waals surface area contributed by atoms with Gasteiger partial charge in [0.2, 0.25) is 5.76 Å². The molecule has 114 valence electrons. The Hall–Kier alpha value is -1.55. The van der Waals surface area contributed by atoms with E-state index in [2.05, 4.69) is 6.92 Å². The highest BCUT2D eigenvalue weighted by Gasteiger charge is 2.17. The molecule has 1 aromatic carbocycles. The Bertz CT molecular complexity index is 591. The summed E-state index contributed by atoms with van der Waals surface area (Å²) in [5.74, 6) is 1.17. The van der Waals surface area contributed by atoms with E-state index < -0.39 is 0 Å². The van der Waals surface area contributed by atoms with Gasteiger partial charge in [-0.25, -0.2) is 0 Å². The number of para-hydroxylation sites is 1. The second-order valence-corrected chi connectivity index (χ2v) is 5.68. The number of rotatable bonds is 9. The lowest BCUT2D eigenvalue weighted by atomic mass is 10.1. The number of benzene rings is 1. The zero-order valence-corrected chi connectivity index (χ0v) is 13.4. The predicted molar refractivity (Wildman–Crippen MR) is 91.0 cm³/mol. The average Bonchev–Trinajstić information content (AvgIpc) is 2.85. The van der Waals surface area contributed by atoms with Crippen molar-refractivity contribution in [3.8, 4) is 5.75 Å². The first-order valence-electron chi connectivity index (χ1n) is 7.68. The molecular weight excluding hydrogens is 282 g/mol. The Morgan fingerprint density at radius 3 is 2.62 bits per heavy atom. The lowest BCUT2D eigenvalue weighted by molar-refractivity contribution is 0.303. The monoisotopic (exact) mass is 305 g/mol. The molecule has 2 rings (SSSR count). The lowest BCUT2D eigenvalue weighted by Crippen LogP contribution is -2.10. The number of thiocarbonyl (C=S) groups is 1. The fourth-order valence-electron chi connectivity index (χ4n) is 2.38. The van der Waals surface area contributed by atoms with Gasteiger partial charge in [0.15, 0.2) is 5.75 Å². The van der Waals surface area contributed by atoms with Crippen molar-refractivity contribution in [3.63, 3.8) is 0 Å². The Morgan fingerprint density at radius 2 is 1.86 bits per heavy atom. The first-order valence-corrected chi connectivity index (χ1v) is 8.09. The van der Waals surface area contributed by atoms with Gasteiger partial charge in [0.1, 0.15) is 10.6 Å². The van der Waals surface area contributed by atoms with Crippen LogP contribution in [-0.4, -0.2) is 11.6 Å². The predicted octanol–water partition coefficient (Wildman–Crippen LogP) is 4.81. The van der Waals surface area contributed by atoms with Crippen molar-refractivity contribution in [1.29, 1.82) is 0 Å². The number of ether oxygens (including phenoxy) is 1. The van der Waals surface area contributed by atoms with Crippen LogP contribution in [0.2, 0.25) is 0 Å². The van der Waals surface area contributed by atoms with Crippen molar-refractivity contribution >= 4 is 28.2 Å². The molecule has 0 saturated heterocycles. The van der Waals surface area contributed by atoms with Crippen molar-refractivity contribution in [3.05, 3.63) is 30.0 Å². The second kappa shape index (κ2) is 8.03. The van der Waals surface area contributed by atoms with Crippen molar-refractivity contribution < 1.29 is 9.15 Å². The van der Waals surface area contributed by atoms with E-state index >= 15 is 0 Å². The van der Waals surface area contributed by atoms with E-state index in [-0.39, 0.29) is 4.99 Å². The quantitative estimate of drug-likeness (QED) is 0.533. The molecule has 0 radical (unpaired) electrons. The van der Waals surface area contributed by atoms with Crippen LogP contribution in [0.3, 0.4) is 0 Å². The zero-order valence-electron chi connectivity index (χ0n) is 12.6. The van der Waals surface area contributed by atoms with Gasteiger partial charge in [-0.05, 0) is 18.6 Å². The molecule has 4 heteroatoms. The smallest absolute Gasteiger partial charge is 0.204 e. The molecular formula is C17H23NO2S. The minimum atomic E-state index is 0.240. The van der Waals surface area contributed by atoms with Crippen molar-refractivity contribution in [2.24, 2.45) is 5.73 Å². The van der Waals surface area contributed by atoms with Crippen LogP contribution in [0.25, 0.3) is 11.0 Å². The normalized spacial score (nSPS) is 10.9. The summed E-state index contributed by atoms with van der Waals surface area (Å²) in [6.45, 7) is 2.90. The SMILES string of the molecule is CCCCCCCCOc1c(C(N)=S)oc2ccccc12. The maximum absolute atomic E-state index is 5.90. The maximum atomic E-state index is 5.90. The van der Waals surface area contributed by atoms with Crippen LogP contribution in [0.15, 0.2) is 28.7 Å². The standard InChI is InChI=1S/C17H23NO2S/c1-2-3-4-5-6-9-12-19-15-13-10-7-8-11-14(13)20-16(15)17(18)21/h7-8,10-11H,2-6,9,12H2,1H3,(H2,18,21). The van der Waals surface area contributed by atoms with E-state index in [1.807, 2.05) is 24.3 Å². The summed E-state index contributed by atoms with van der Waals surface area (Å²) >= 11 is 5.04. The molecule has 0 aliphatic heterocycles. The van der Waals surface area contributed by atoms with Gasteiger partial charge >= 0.3 is 0 Å². The fraction of sp³-hybridized carbons (Fsp3) is 0.471. The molecule has 0 saturated carbocycles. The molecule has 0 bridgehead atoms. The summed E-state index contributed by atoms with van der Waals surface area (Å²) in [5.41, 5.74) is 6.48. The molecule has 0 fully saturated rings. The first-order chi connectivity index (χ1) is 10.2. The molecule has 21 heavy (non-hydrogen) atoms. The van der Waals surface area contributed by atoms with E-state index in [1.54, 1.807) is 0 Å². The maximum Gasteiger partial charge on any atom is 0.204 e. The van der Waals surface area contributed by atoms with Crippen LogP contribution in [-0.2, 0) is 0 Å². The van der Waals surface area contributed by atoms with Gasteiger partial charge in [-0.2, -0.15) is 0 Å². The zero-order chi connectivity index (χ0) is 15.1. The molecule has 2 N–H and O–H groups in total. The highest BCUT2D eigenvalue weighted by Crippen LogP contribution is 2.33. The second-order valence-electron chi connectivity index (χ2n) is 5.24. The van der Waals surface area contributed by atoms with Crippen LogP contribution >= 0.6 is 12.2 Å². The Kier molecular flexibility index (Phi) is 6.05. The van der Waals surface area contributed by atoms with Gasteiger partial charge in [-0.15, -0.1) is 0 Å². The third kappa shape index (κ3) is 4.21. The highest BCUT2D eigenvalue weighted by molar-refractivity contribution is 7.80. The van der Waals surface area contributed by atoms with Crippen molar-refractivity contribution in [1.82, 2.24) is 0 Å². The fourth-order valence-corrected chi connectivity index (χ4v) is 2.52. The van der Waals surface area contributed by atoms with Gasteiger partial charge in [0, 0.05) is 0 Å². The molecule has 1 heterocycles. The Balaban J connectivity index is 1.94. The Labute approximate surface area is 131 Å². The number of hydrogen-bond acceptors (Lipinski definition) is 3. The summed E-state index contributed by atoms with van der Waals surface area (Å²) in [6.07, 6.45) is 7.40. The first kappa shape index (κ1) is 15.8. The molecule has 2 aromatic rings. The Morgan fingerprint density at radius 1 is 1.14 bits per heavy atom. The molecule has 1 aromatic heterocycles. The molecule has 0 aliphatic rings. The van der Waals surface area contributed by atoms with Crippen LogP contribution in [0.4, 0.5) is 0 Å². The molecule has 0 amide bonds. The van der Waals surface area contributed by atoms with Gasteiger partial charge in [0.25, 0.3) is 0 Å². The minimum Gasteiger partial charge on any atom is -0.489 e. The van der Waals surface area contributed by atoms with Crippen molar-refractivity contribution in [2.45, 2.75) is 45.4 Å². The number of hydrogen-bond donors (Lipinski definition) is 1. The highest BCUT2D eigenvalue weighted by atomic mass is 32.1.